The molecule has 1 aliphatic carbocycles. The second-order valence-corrected chi connectivity index (χ2v) is 6.02. The Balaban J connectivity index is 1.91. The van der Waals surface area contributed by atoms with Crippen LogP contribution >= 0.6 is 15.9 Å². The number of nitrogens with zero attached hydrogens (tertiary/aromatic N) is 2. The lowest BCUT2D eigenvalue weighted by atomic mass is 10.1. The van der Waals surface area contributed by atoms with Gasteiger partial charge in [-0.25, -0.2) is 4.68 Å². The van der Waals surface area contributed by atoms with Crippen molar-refractivity contribution in [2.75, 3.05) is 0 Å². The van der Waals surface area contributed by atoms with Crippen molar-refractivity contribution in [1.82, 2.24) is 15.1 Å². The van der Waals surface area contributed by atoms with E-state index in [1.54, 1.807) is 6.07 Å². The highest BCUT2D eigenvalue weighted by Gasteiger charge is 2.32. The Morgan fingerprint density at radius 1 is 1.33 bits per heavy atom. The summed E-state index contributed by atoms with van der Waals surface area (Å²) in [5, 5.41) is 7.21. The third-order valence-corrected chi connectivity index (χ3v) is 3.86. The molecule has 7 heteroatoms. The summed E-state index contributed by atoms with van der Waals surface area (Å²) in [4.78, 5) is 0. The van der Waals surface area contributed by atoms with Crippen LogP contribution < -0.4 is 5.32 Å². The van der Waals surface area contributed by atoms with Gasteiger partial charge in [0, 0.05) is 23.3 Å². The molecule has 0 bridgehead atoms. The number of rotatable bonds is 4. The fraction of sp³-hybridized carbons (Fsp3) is 0.357. The van der Waals surface area contributed by atoms with Crippen LogP contribution in [-0.4, -0.2) is 15.8 Å². The third kappa shape index (κ3) is 3.47. The Bertz CT molecular complexity index is 647. The molecule has 0 aliphatic heterocycles. The van der Waals surface area contributed by atoms with Gasteiger partial charge in [-0.3, -0.25) is 0 Å². The van der Waals surface area contributed by atoms with Gasteiger partial charge in [-0.1, -0.05) is 22.0 Å². The van der Waals surface area contributed by atoms with Crippen LogP contribution in [0.25, 0.3) is 5.69 Å². The summed E-state index contributed by atoms with van der Waals surface area (Å²) in [5.74, 6) is 0. The second kappa shape index (κ2) is 5.46. The van der Waals surface area contributed by atoms with Crippen molar-refractivity contribution in [3.63, 3.8) is 0 Å². The van der Waals surface area contributed by atoms with Crippen LogP contribution in [0.4, 0.5) is 13.2 Å². The van der Waals surface area contributed by atoms with Gasteiger partial charge < -0.3 is 5.32 Å². The summed E-state index contributed by atoms with van der Waals surface area (Å²) >= 11 is 3.35. The first-order chi connectivity index (χ1) is 9.93. The summed E-state index contributed by atoms with van der Waals surface area (Å²) < 4.78 is 40.1. The zero-order valence-electron chi connectivity index (χ0n) is 11.0. The van der Waals surface area contributed by atoms with Crippen LogP contribution in [0.2, 0.25) is 0 Å². The van der Waals surface area contributed by atoms with E-state index >= 15 is 0 Å². The highest BCUT2D eigenvalue weighted by atomic mass is 79.9. The summed E-state index contributed by atoms with van der Waals surface area (Å²) in [5.41, 5.74) is 0.818. The van der Waals surface area contributed by atoms with E-state index in [-0.39, 0.29) is 0 Å². The van der Waals surface area contributed by atoms with Gasteiger partial charge in [-0.15, -0.1) is 0 Å². The van der Waals surface area contributed by atoms with Crippen molar-refractivity contribution in [2.45, 2.75) is 31.6 Å². The average molecular weight is 360 g/mol. The quantitative estimate of drug-likeness (QED) is 0.896. The Morgan fingerprint density at radius 3 is 2.71 bits per heavy atom. The fourth-order valence-electron chi connectivity index (χ4n) is 2.04. The van der Waals surface area contributed by atoms with Crippen molar-refractivity contribution in [2.24, 2.45) is 0 Å². The van der Waals surface area contributed by atoms with Gasteiger partial charge in [0.2, 0.25) is 0 Å². The van der Waals surface area contributed by atoms with Crippen molar-refractivity contribution in [3.8, 4) is 5.69 Å². The fourth-order valence-corrected chi connectivity index (χ4v) is 2.39. The molecule has 1 N–H and O–H groups in total. The first kappa shape index (κ1) is 14.6. The second-order valence-electron chi connectivity index (χ2n) is 5.10. The van der Waals surface area contributed by atoms with Gasteiger partial charge in [0.15, 0.2) is 0 Å². The molecule has 3 nitrogen and oxygen atoms in total. The van der Waals surface area contributed by atoms with Crippen molar-refractivity contribution in [3.05, 3.63) is 46.2 Å². The minimum atomic E-state index is -4.38. The molecular weight excluding hydrogens is 347 g/mol. The number of aromatic nitrogens is 2. The molecule has 1 fully saturated rings. The van der Waals surface area contributed by atoms with Gasteiger partial charge in [0.25, 0.3) is 0 Å². The van der Waals surface area contributed by atoms with E-state index < -0.39 is 11.7 Å². The standard InChI is InChI=1S/C14H13BrF3N3/c15-11-2-1-9(6-19-12-3-4-12)13(5-11)21-8-10(7-20-21)14(16,17)18/h1-2,5,7-8,12,19H,3-4,6H2. The summed E-state index contributed by atoms with van der Waals surface area (Å²) in [6.45, 7) is 0.620. The maximum absolute atomic E-state index is 12.7. The molecule has 1 saturated carbocycles. The highest BCUT2D eigenvalue weighted by molar-refractivity contribution is 9.10. The van der Waals surface area contributed by atoms with E-state index in [2.05, 4.69) is 26.3 Å². The van der Waals surface area contributed by atoms with Crippen LogP contribution in [0.1, 0.15) is 24.0 Å². The van der Waals surface area contributed by atoms with Crippen LogP contribution in [0, 0.1) is 0 Å². The van der Waals surface area contributed by atoms with E-state index in [4.69, 9.17) is 0 Å². The van der Waals surface area contributed by atoms with Gasteiger partial charge in [-0.2, -0.15) is 18.3 Å². The molecule has 21 heavy (non-hydrogen) atoms. The molecule has 0 amide bonds. The molecule has 0 spiro atoms. The minimum Gasteiger partial charge on any atom is -0.310 e. The van der Waals surface area contributed by atoms with Crippen molar-refractivity contribution in [1.29, 1.82) is 0 Å². The predicted octanol–water partition coefficient (Wildman–Crippen LogP) is 3.91. The Kier molecular flexibility index (Phi) is 3.79. The van der Waals surface area contributed by atoms with E-state index in [1.165, 1.54) is 4.68 Å². The molecule has 1 heterocycles. The number of hydrogen-bond donors (Lipinski definition) is 1. The topological polar surface area (TPSA) is 29.9 Å². The maximum Gasteiger partial charge on any atom is 0.419 e. The lowest BCUT2D eigenvalue weighted by molar-refractivity contribution is -0.137. The largest absolute Gasteiger partial charge is 0.419 e. The summed E-state index contributed by atoms with van der Waals surface area (Å²) in [6, 6.07) is 6.08. The van der Waals surface area contributed by atoms with Crippen LogP contribution in [0.5, 0.6) is 0 Å². The molecular formula is C14H13BrF3N3. The third-order valence-electron chi connectivity index (χ3n) is 3.36. The zero-order chi connectivity index (χ0) is 15.0. The van der Waals surface area contributed by atoms with E-state index in [9.17, 15) is 13.2 Å². The highest BCUT2D eigenvalue weighted by Crippen LogP contribution is 2.30. The molecule has 2 aromatic rings. The summed E-state index contributed by atoms with van der Waals surface area (Å²) in [7, 11) is 0. The van der Waals surface area contributed by atoms with Crippen LogP contribution in [-0.2, 0) is 12.7 Å². The number of hydrogen-bond acceptors (Lipinski definition) is 2. The van der Waals surface area contributed by atoms with Gasteiger partial charge in [-0.05, 0) is 30.5 Å². The predicted molar refractivity (Wildman–Crippen MR) is 76.1 cm³/mol. The molecule has 1 aromatic carbocycles. The molecule has 1 aromatic heterocycles. The van der Waals surface area contributed by atoms with Crippen LogP contribution in [0.15, 0.2) is 35.1 Å². The molecule has 0 unspecified atom stereocenters. The first-order valence-corrected chi connectivity index (χ1v) is 7.37. The normalized spacial score (nSPS) is 15.4. The Hall–Kier alpha value is -1.34. The van der Waals surface area contributed by atoms with Gasteiger partial charge in [0.1, 0.15) is 0 Å². The van der Waals surface area contributed by atoms with Crippen molar-refractivity contribution < 1.29 is 13.2 Å². The van der Waals surface area contributed by atoms with E-state index in [0.717, 1.165) is 35.3 Å². The lowest BCUT2D eigenvalue weighted by Crippen LogP contribution is -2.17. The monoisotopic (exact) mass is 359 g/mol. The zero-order valence-corrected chi connectivity index (χ0v) is 12.6. The molecule has 112 valence electrons. The lowest BCUT2D eigenvalue weighted by Gasteiger charge is -2.11. The number of alkyl halides is 3. The summed E-state index contributed by atoms with van der Waals surface area (Å²) in [6.07, 6.45) is -0.199. The number of halogens is 4. The van der Waals surface area contributed by atoms with Crippen LogP contribution in [0.3, 0.4) is 0 Å². The molecule has 0 saturated heterocycles. The Labute approximate surface area is 128 Å². The van der Waals surface area contributed by atoms with E-state index in [0.29, 0.717) is 18.3 Å². The average Bonchev–Trinajstić information content (AvgIpc) is 3.10. The van der Waals surface area contributed by atoms with Gasteiger partial charge >= 0.3 is 6.18 Å². The molecule has 0 radical (unpaired) electrons. The first-order valence-electron chi connectivity index (χ1n) is 6.57. The molecule has 3 rings (SSSR count). The minimum absolute atomic E-state index is 0.532. The maximum atomic E-state index is 12.7. The van der Waals surface area contributed by atoms with E-state index in [1.807, 2.05) is 12.1 Å². The Morgan fingerprint density at radius 2 is 2.10 bits per heavy atom. The molecule has 1 aliphatic rings. The SMILES string of the molecule is FC(F)(F)c1cnn(-c2cc(Br)ccc2CNC2CC2)c1. The van der Waals surface area contributed by atoms with Crippen molar-refractivity contribution >= 4 is 15.9 Å². The van der Waals surface area contributed by atoms with Gasteiger partial charge in [0.05, 0.1) is 17.4 Å². The number of benzene rings is 1. The number of nitrogens with one attached hydrogen (secondary N) is 1. The molecule has 0 atom stereocenters. The smallest absolute Gasteiger partial charge is 0.310 e.